The van der Waals surface area contributed by atoms with E-state index < -0.39 is 29.1 Å². The van der Waals surface area contributed by atoms with Gasteiger partial charge in [0, 0.05) is 25.7 Å². The first kappa shape index (κ1) is 14.8. The van der Waals surface area contributed by atoms with Gasteiger partial charge in [-0.1, -0.05) is 15.9 Å². The highest BCUT2D eigenvalue weighted by Gasteiger charge is 2.22. The molecule has 0 heterocycles. The molecule has 100 valence electrons. The van der Waals surface area contributed by atoms with Gasteiger partial charge in [0.25, 0.3) is 0 Å². The van der Waals surface area contributed by atoms with Crippen LogP contribution in [-0.4, -0.2) is 5.11 Å². The van der Waals surface area contributed by atoms with Gasteiger partial charge >= 0.3 is 0 Å². The topological polar surface area (TPSA) is 20.2 Å². The van der Waals surface area contributed by atoms with Gasteiger partial charge in [-0.05, 0) is 40.8 Å². The van der Waals surface area contributed by atoms with Gasteiger partial charge in [0.2, 0.25) is 0 Å². The smallest absolute Gasteiger partial charge is 0.135 e. The number of aliphatic hydroxyl groups excluding tert-OH is 1. The summed E-state index contributed by atoms with van der Waals surface area (Å²) in [6, 6.07) is 6.13. The Morgan fingerprint density at radius 3 is 2.21 bits per heavy atom. The van der Waals surface area contributed by atoms with Gasteiger partial charge in [0.05, 0.1) is 5.56 Å². The Balaban J connectivity index is 2.56. The molecule has 0 aliphatic heterocycles. The molecule has 1 nitrogen and oxygen atoms in total. The molecular formula is C13H7BrF3IO. The van der Waals surface area contributed by atoms with E-state index in [-0.39, 0.29) is 0 Å². The first-order chi connectivity index (χ1) is 8.90. The summed E-state index contributed by atoms with van der Waals surface area (Å²) in [5.41, 5.74) is -0.250. The third-order valence-corrected chi connectivity index (χ3v) is 3.96. The predicted molar refractivity (Wildman–Crippen MR) is 77.2 cm³/mol. The van der Waals surface area contributed by atoms with Crippen LogP contribution in [0.15, 0.2) is 34.8 Å². The molecule has 0 aliphatic carbocycles. The summed E-state index contributed by atoms with van der Waals surface area (Å²) in [5, 5.41) is 10.1. The maximum Gasteiger partial charge on any atom is 0.135 e. The van der Waals surface area contributed by atoms with Crippen molar-refractivity contribution in [2.45, 2.75) is 6.10 Å². The fourth-order valence-electron chi connectivity index (χ4n) is 1.69. The molecule has 1 N–H and O–H groups in total. The predicted octanol–water partition coefficient (Wildman–Crippen LogP) is 4.55. The Morgan fingerprint density at radius 1 is 1.05 bits per heavy atom. The van der Waals surface area contributed by atoms with Gasteiger partial charge in [-0.3, -0.25) is 0 Å². The van der Waals surface area contributed by atoms with E-state index in [1.807, 2.05) is 22.6 Å². The third-order valence-electron chi connectivity index (χ3n) is 2.57. The highest BCUT2D eigenvalue weighted by atomic mass is 127. The SMILES string of the molecule is OC(c1cc(I)ccc1Br)c1c(F)cc(F)cc1F. The lowest BCUT2D eigenvalue weighted by Gasteiger charge is -2.15. The average Bonchev–Trinajstić information content (AvgIpc) is 2.30. The number of rotatable bonds is 2. The molecule has 0 aliphatic rings. The molecule has 6 heteroatoms. The van der Waals surface area contributed by atoms with Crippen LogP contribution in [0.3, 0.4) is 0 Å². The van der Waals surface area contributed by atoms with E-state index in [9.17, 15) is 18.3 Å². The highest BCUT2D eigenvalue weighted by molar-refractivity contribution is 14.1. The molecule has 0 aromatic heterocycles. The summed E-state index contributed by atoms with van der Waals surface area (Å²) in [5.74, 6) is -3.25. The molecule has 0 saturated carbocycles. The second-order valence-corrected chi connectivity index (χ2v) is 5.95. The maximum absolute atomic E-state index is 13.6. The summed E-state index contributed by atoms with van der Waals surface area (Å²) in [6.45, 7) is 0. The minimum atomic E-state index is -1.51. The van der Waals surface area contributed by atoms with Gasteiger partial charge in [0.15, 0.2) is 0 Å². The van der Waals surface area contributed by atoms with Crippen molar-refractivity contribution >= 4 is 38.5 Å². The minimum Gasteiger partial charge on any atom is -0.383 e. The first-order valence-corrected chi connectivity index (χ1v) is 7.04. The Hall–Kier alpha value is -0.600. The van der Waals surface area contributed by atoms with Crippen LogP contribution >= 0.6 is 38.5 Å². The minimum absolute atomic E-state index is 0.316. The second-order valence-electron chi connectivity index (χ2n) is 3.85. The summed E-state index contributed by atoms with van der Waals surface area (Å²) >= 11 is 5.23. The molecule has 0 fully saturated rings. The van der Waals surface area contributed by atoms with E-state index in [2.05, 4.69) is 15.9 Å². The Morgan fingerprint density at radius 2 is 1.63 bits per heavy atom. The molecule has 0 saturated heterocycles. The summed E-state index contributed by atoms with van der Waals surface area (Å²) in [7, 11) is 0. The van der Waals surface area contributed by atoms with E-state index >= 15 is 0 Å². The van der Waals surface area contributed by atoms with Crippen LogP contribution in [0.2, 0.25) is 0 Å². The van der Waals surface area contributed by atoms with Crippen LogP contribution in [-0.2, 0) is 0 Å². The van der Waals surface area contributed by atoms with E-state index in [4.69, 9.17) is 0 Å². The Labute approximate surface area is 129 Å². The number of benzene rings is 2. The van der Waals surface area contributed by atoms with Gasteiger partial charge in [-0.2, -0.15) is 0 Å². The Bertz CT molecular complexity index is 610. The van der Waals surface area contributed by atoms with Gasteiger partial charge in [-0.25, -0.2) is 13.2 Å². The lowest BCUT2D eigenvalue weighted by atomic mass is 10.0. The van der Waals surface area contributed by atoms with E-state index in [1.54, 1.807) is 18.2 Å². The van der Waals surface area contributed by atoms with Crippen molar-refractivity contribution < 1.29 is 18.3 Å². The summed E-state index contributed by atoms with van der Waals surface area (Å²) in [6.07, 6.45) is -1.51. The van der Waals surface area contributed by atoms with E-state index in [0.29, 0.717) is 22.2 Å². The largest absolute Gasteiger partial charge is 0.383 e. The molecule has 2 rings (SSSR count). The molecular weight excluding hydrogens is 436 g/mol. The van der Waals surface area contributed by atoms with Crippen molar-refractivity contribution in [1.29, 1.82) is 0 Å². The second kappa shape index (κ2) is 5.80. The van der Waals surface area contributed by atoms with Crippen LogP contribution in [0.25, 0.3) is 0 Å². The van der Waals surface area contributed by atoms with E-state index in [1.165, 1.54) is 0 Å². The number of aliphatic hydroxyl groups is 1. The monoisotopic (exact) mass is 442 g/mol. The summed E-state index contributed by atoms with van der Waals surface area (Å²) in [4.78, 5) is 0. The average molecular weight is 443 g/mol. The van der Waals surface area contributed by atoms with Gasteiger partial charge < -0.3 is 5.11 Å². The molecule has 2 aromatic carbocycles. The molecule has 2 aromatic rings. The van der Waals surface area contributed by atoms with Crippen LogP contribution < -0.4 is 0 Å². The molecule has 0 bridgehead atoms. The molecule has 0 radical (unpaired) electrons. The van der Waals surface area contributed by atoms with Crippen molar-refractivity contribution in [1.82, 2.24) is 0 Å². The molecule has 19 heavy (non-hydrogen) atoms. The summed E-state index contributed by atoms with van der Waals surface area (Å²) < 4.78 is 41.4. The van der Waals surface area contributed by atoms with Crippen molar-refractivity contribution in [3.05, 3.63) is 67.0 Å². The fraction of sp³-hybridized carbons (Fsp3) is 0.0769. The third kappa shape index (κ3) is 3.11. The zero-order valence-corrected chi connectivity index (χ0v) is 13.0. The van der Waals surface area contributed by atoms with E-state index in [0.717, 1.165) is 3.57 Å². The maximum atomic E-state index is 13.6. The first-order valence-electron chi connectivity index (χ1n) is 5.17. The molecule has 0 spiro atoms. The molecule has 0 amide bonds. The Kier molecular flexibility index (Phi) is 4.52. The zero-order valence-electron chi connectivity index (χ0n) is 9.30. The normalized spacial score (nSPS) is 12.5. The van der Waals surface area contributed by atoms with Crippen LogP contribution in [0.1, 0.15) is 17.2 Å². The van der Waals surface area contributed by atoms with Crippen molar-refractivity contribution in [2.24, 2.45) is 0 Å². The number of halogens is 5. The number of hydrogen-bond acceptors (Lipinski definition) is 1. The van der Waals surface area contributed by atoms with Crippen LogP contribution in [0.5, 0.6) is 0 Å². The van der Waals surface area contributed by atoms with Crippen molar-refractivity contribution in [2.75, 3.05) is 0 Å². The van der Waals surface area contributed by atoms with Gasteiger partial charge in [-0.15, -0.1) is 0 Å². The number of hydrogen-bond donors (Lipinski definition) is 1. The standard InChI is InChI=1S/C13H7BrF3IO/c14-9-2-1-7(18)5-8(9)13(19)12-10(16)3-6(15)4-11(12)17/h1-5,13,19H. The van der Waals surface area contributed by atoms with Crippen molar-refractivity contribution in [3.8, 4) is 0 Å². The molecule has 1 unspecified atom stereocenters. The molecule has 1 atom stereocenters. The van der Waals surface area contributed by atoms with Crippen LogP contribution in [0.4, 0.5) is 13.2 Å². The van der Waals surface area contributed by atoms with Crippen molar-refractivity contribution in [3.63, 3.8) is 0 Å². The lowest BCUT2D eigenvalue weighted by Crippen LogP contribution is -2.07. The fourth-order valence-corrected chi connectivity index (χ4v) is 2.67. The zero-order chi connectivity index (χ0) is 14.2. The highest BCUT2D eigenvalue weighted by Crippen LogP contribution is 2.32. The van der Waals surface area contributed by atoms with Crippen LogP contribution in [0, 0.1) is 21.0 Å². The van der Waals surface area contributed by atoms with Gasteiger partial charge in [0.1, 0.15) is 23.6 Å². The quantitative estimate of drug-likeness (QED) is 0.676. The lowest BCUT2D eigenvalue weighted by molar-refractivity contribution is 0.208.